The first-order valence-electron chi connectivity index (χ1n) is 16.9. The first-order chi connectivity index (χ1) is 24.0. The van der Waals surface area contributed by atoms with Gasteiger partial charge in [0.2, 0.25) is 0 Å². The van der Waals surface area contributed by atoms with Crippen LogP contribution in [-0.2, 0) is 40.0 Å². The molecule has 2 aliphatic rings. The second-order valence-electron chi connectivity index (χ2n) is 11.9. The molecular formula is C41H53N2NaO4S2. The van der Waals surface area contributed by atoms with Gasteiger partial charge < -0.3 is 27.2 Å². The molecule has 4 aromatic carbocycles. The Labute approximate surface area is 332 Å². The largest absolute Gasteiger partial charge is 1.00 e. The van der Waals surface area contributed by atoms with Crippen LogP contribution in [0.5, 0.6) is 0 Å². The molecule has 6 rings (SSSR count). The van der Waals surface area contributed by atoms with E-state index in [0.29, 0.717) is 12.5 Å². The van der Waals surface area contributed by atoms with Gasteiger partial charge in [0.1, 0.15) is 0 Å². The van der Waals surface area contributed by atoms with E-state index in [0.717, 1.165) is 58.5 Å². The normalized spacial score (nSPS) is 18.6. The summed E-state index contributed by atoms with van der Waals surface area (Å²) in [6.45, 7) is 11.2. The van der Waals surface area contributed by atoms with Gasteiger partial charge in [-0.15, -0.1) is 0 Å². The van der Waals surface area contributed by atoms with Crippen molar-refractivity contribution in [2.45, 2.75) is 50.3 Å². The Morgan fingerprint density at radius 3 is 1.52 bits per heavy atom. The zero-order chi connectivity index (χ0) is 35.3. The molecule has 4 aromatic rings. The van der Waals surface area contributed by atoms with Crippen LogP contribution in [0, 0.1) is 0 Å². The minimum Gasteiger partial charge on any atom is -0.796 e. The molecule has 0 saturated carbocycles. The molecule has 264 valence electrons. The third-order valence-electron chi connectivity index (χ3n) is 8.49. The van der Waals surface area contributed by atoms with Crippen molar-refractivity contribution >= 4 is 29.5 Å². The average Bonchev–Trinajstić information content (AvgIpc) is 3.17. The molecule has 0 amide bonds. The maximum atomic E-state index is 11.7. The summed E-state index contributed by atoms with van der Waals surface area (Å²) in [6, 6.07) is 42.1. The fourth-order valence-electron chi connectivity index (χ4n) is 6.07. The molecule has 2 heterocycles. The number of morpholine rings is 2. The molecule has 50 heavy (non-hydrogen) atoms. The van der Waals surface area contributed by atoms with E-state index in [1.54, 1.807) is 13.2 Å². The number of hydrogen-bond donors (Lipinski definition) is 1. The summed E-state index contributed by atoms with van der Waals surface area (Å²) in [4.78, 5) is 16.7. The van der Waals surface area contributed by atoms with E-state index < -0.39 is 0 Å². The summed E-state index contributed by atoms with van der Waals surface area (Å²) in [7, 11) is 1.00. The smallest absolute Gasteiger partial charge is 0.796 e. The van der Waals surface area contributed by atoms with E-state index in [2.05, 4.69) is 126 Å². The van der Waals surface area contributed by atoms with Crippen LogP contribution in [0.3, 0.4) is 0 Å². The molecule has 4 atom stereocenters. The molecule has 0 bridgehead atoms. The van der Waals surface area contributed by atoms with Crippen molar-refractivity contribution < 1.29 is 48.9 Å². The average molecular weight is 725 g/mol. The van der Waals surface area contributed by atoms with Gasteiger partial charge in [-0.05, 0) is 22.3 Å². The number of nitrogens with zero attached hydrogens (tertiary/aromatic N) is 2. The Hall–Kier alpha value is -1.95. The topological polar surface area (TPSA) is 62.2 Å². The number of carbonyl (C=O) groups excluding carboxylic acids is 1. The molecule has 1 N–H and O–H groups in total. The Balaban J connectivity index is 0.000000312. The van der Waals surface area contributed by atoms with Crippen molar-refractivity contribution in [1.82, 2.24) is 9.80 Å². The van der Waals surface area contributed by atoms with Gasteiger partial charge in [0.05, 0.1) is 30.7 Å². The minimum atomic E-state index is 0. The van der Waals surface area contributed by atoms with Gasteiger partial charge in [-0.25, -0.2) is 0 Å². The predicted octanol–water partition coefficient (Wildman–Crippen LogP) is 4.38. The molecule has 6 nitrogen and oxygen atoms in total. The quantitative estimate of drug-likeness (QED) is 0.202. The maximum Gasteiger partial charge on any atom is 1.00 e. The number of thioether (sulfide) groups is 1. The van der Waals surface area contributed by atoms with Crippen molar-refractivity contribution in [3.05, 3.63) is 144 Å². The van der Waals surface area contributed by atoms with E-state index >= 15 is 0 Å². The molecule has 2 fully saturated rings. The van der Waals surface area contributed by atoms with Crippen molar-refractivity contribution in [1.29, 1.82) is 0 Å². The zero-order valence-corrected chi connectivity index (χ0v) is 34.0. The molecule has 0 aromatic heterocycles. The van der Waals surface area contributed by atoms with Crippen LogP contribution >= 0.6 is 11.8 Å². The van der Waals surface area contributed by atoms with E-state index in [9.17, 15) is 4.79 Å². The number of aliphatic hydroxyl groups is 1. The van der Waals surface area contributed by atoms with Crippen LogP contribution in [0.4, 0.5) is 0 Å². The van der Waals surface area contributed by atoms with Gasteiger partial charge in [-0.1, -0.05) is 140 Å². The van der Waals surface area contributed by atoms with Crippen LogP contribution in [0.15, 0.2) is 121 Å². The van der Waals surface area contributed by atoms with Crippen LogP contribution in [0.2, 0.25) is 0 Å². The van der Waals surface area contributed by atoms with E-state index in [1.165, 1.54) is 28.5 Å². The maximum absolute atomic E-state index is 11.7. The van der Waals surface area contributed by atoms with Gasteiger partial charge >= 0.3 is 29.6 Å². The Morgan fingerprint density at radius 1 is 0.700 bits per heavy atom. The number of aliphatic hydroxyl groups excluding tert-OH is 1. The summed E-state index contributed by atoms with van der Waals surface area (Å²) in [5, 5.41) is 7.18. The summed E-state index contributed by atoms with van der Waals surface area (Å²) < 4.78 is 12.1. The van der Waals surface area contributed by atoms with Crippen LogP contribution in [0.25, 0.3) is 0 Å². The number of ether oxygens (including phenoxy) is 2. The first kappa shape index (κ1) is 44.2. The summed E-state index contributed by atoms with van der Waals surface area (Å²) in [6.07, 6.45) is 1.89. The SMILES string of the molecule is CC(=O)S[C@@H](c1ccccc1)[C@@H]1CN(Cc2ccccc2)CCO1.CO.C[C@@H](c1ccccc1)[C@@H]1CN(Cc2ccccc2)CCO1.C[S-].[Na+]. The third kappa shape index (κ3) is 15.3. The van der Waals surface area contributed by atoms with E-state index in [1.807, 2.05) is 24.3 Å². The standard InChI is InChI=1S/C20H23NO2S.C19H23NO.CH4O.CH4S.Na/c1-16(22)24-20(18-10-6-3-7-11-18)19-15-21(12-13-23-19)14-17-8-4-2-5-9-17;1-16(18-10-6-3-7-11-18)19-15-20(12-13-21-19)14-17-8-4-2-5-9-17;2*1-2;/h2-11,19-20H,12-15H2,1H3;2-11,16,19H,12-15H2,1H3;2*2H,1H3;/q;;;;+1/p-1/t19-,20-;16-,19-;;;/m00.../s1. The van der Waals surface area contributed by atoms with Crippen LogP contribution in [0.1, 0.15) is 47.3 Å². The van der Waals surface area contributed by atoms with Crippen molar-refractivity contribution in [2.75, 3.05) is 52.8 Å². The molecular weight excluding hydrogens is 672 g/mol. The number of rotatable bonds is 9. The zero-order valence-electron chi connectivity index (χ0n) is 30.4. The second-order valence-corrected chi connectivity index (χ2v) is 13.2. The first-order valence-corrected chi connectivity index (χ1v) is 18.6. The Morgan fingerprint density at radius 2 is 1.08 bits per heavy atom. The fraction of sp³-hybridized carbons (Fsp3) is 0.390. The monoisotopic (exact) mass is 724 g/mol. The number of hydrogen-bond acceptors (Lipinski definition) is 8. The van der Waals surface area contributed by atoms with Crippen LogP contribution in [-0.4, -0.2) is 85.0 Å². The molecule has 0 unspecified atom stereocenters. The Kier molecular flexibility index (Phi) is 22.9. The van der Waals surface area contributed by atoms with Crippen molar-refractivity contribution in [2.24, 2.45) is 0 Å². The molecule has 0 spiro atoms. The van der Waals surface area contributed by atoms with E-state index in [4.69, 9.17) is 14.6 Å². The minimum absolute atomic E-state index is 0. The fourth-order valence-corrected chi connectivity index (χ4v) is 7.04. The van der Waals surface area contributed by atoms with Gasteiger partial charge in [0.25, 0.3) is 0 Å². The van der Waals surface area contributed by atoms with Gasteiger partial charge in [0, 0.05) is 59.2 Å². The Bertz CT molecular complexity index is 1420. The van der Waals surface area contributed by atoms with Gasteiger partial charge in [0.15, 0.2) is 5.12 Å². The third-order valence-corrected chi connectivity index (χ3v) is 9.66. The molecule has 2 saturated heterocycles. The van der Waals surface area contributed by atoms with Gasteiger partial charge in [-0.2, -0.15) is 6.26 Å². The number of benzene rings is 4. The summed E-state index contributed by atoms with van der Waals surface area (Å²) >= 11 is 5.46. The van der Waals surface area contributed by atoms with Crippen molar-refractivity contribution in [3.63, 3.8) is 0 Å². The molecule has 0 aliphatic carbocycles. The van der Waals surface area contributed by atoms with E-state index in [-0.39, 0.29) is 52.1 Å². The van der Waals surface area contributed by atoms with Crippen molar-refractivity contribution in [3.8, 4) is 0 Å². The summed E-state index contributed by atoms with van der Waals surface area (Å²) in [5.41, 5.74) is 5.22. The van der Waals surface area contributed by atoms with Gasteiger partial charge in [-0.3, -0.25) is 14.6 Å². The summed E-state index contributed by atoms with van der Waals surface area (Å²) in [5.74, 6) is 0.435. The van der Waals surface area contributed by atoms with Crippen LogP contribution < -0.4 is 29.6 Å². The molecule has 2 aliphatic heterocycles. The predicted molar refractivity (Wildman–Crippen MR) is 207 cm³/mol. The molecule has 0 radical (unpaired) electrons. The molecule has 9 heteroatoms. The number of carbonyl (C=O) groups is 1. The second kappa shape index (κ2) is 25.9.